The van der Waals surface area contributed by atoms with Crippen LogP contribution in [0.15, 0.2) is 35.2 Å². The summed E-state index contributed by atoms with van der Waals surface area (Å²) in [6, 6.07) is 8.17. The second-order valence-electron chi connectivity index (χ2n) is 7.42. The van der Waals surface area contributed by atoms with E-state index in [1.54, 1.807) is 36.2 Å². The molecule has 1 N–H and O–H groups in total. The molecule has 0 unspecified atom stereocenters. The fourth-order valence-electron chi connectivity index (χ4n) is 3.34. The Labute approximate surface area is 186 Å². The predicted octanol–water partition coefficient (Wildman–Crippen LogP) is 3.05. The van der Waals surface area contributed by atoms with Gasteiger partial charge in [-0.15, -0.1) is 11.3 Å². The van der Waals surface area contributed by atoms with E-state index >= 15 is 0 Å². The number of hydrogen-bond acceptors (Lipinski definition) is 6. The van der Waals surface area contributed by atoms with Gasteiger partial charge in [-0.3, -0.25) is 9.69 Å². The number of thiophene rings is 1. The molecule has 3 rings (SSSR count). The Balaban J connectivity index is 1.70. The maximum absolute atomic E-state index is 13.0. The third-order valence-electron chi connectivity index (χ3n) is 4.76. The van der Waals surface area contributed by atoms with Crippen molar-refractivity contribution in [2.24, 2.45) is 0 Å². The Morgan fingerprint density at radius 1 is 1.20 bits per heavy atom. The number of carbonyl (C=O) groups excluding carboxylic acids is 1. The van der Waals surface area contributed by atoms with Crippen LogP contribution in [-0.4, -0.2) is 63.5 Å². The van der Waals surface area contributed by atoms with Crippen molar-refractivity contribution in [1.82, 2.24) is 14.5 Å². The number of benzene rings is 1. The highest BCUT2D eigenvalue weighted by molar-refractivity contribution is 7.89. The smallest absolute Gasteiger partial charge is 0.253 e. The molecule has 0 bridgehead atoms. The molecule has 1 aromatic carbocycles. The van der Waals surface area contributed by atoms with E-state index in [0.717, 1.165) is 24.0 Å². The van der Waals surface area contributed by atoms with Gasteiger partial charge in [0.1, 0.15) is 10.6 Å². The number of piperazine rings is 1. The van der Waals surface area contributed by atoms with E-state index in [1.165, 1.54) is 24.1 Å². The molecule has 1 aliphatic heterocycles. The van der Waals surface area contributed by atoms with Crippen molar-refractivity contribution in [1.29, 1.82) is 0 Å². The Morgan fingerprint density at radius 2 is 1.90 bits per heavy atom. The fourth-order valence-corrected chi connectivity index (χ4v) is 5.92. The second-order valence-corrected chi connectivity index (χ2v) is 10.9. The molecule has 2 heterocycles. The van der Waals surface area contributed by atoms with Crippen LogP contribution < -0.4 is 9.46 Å². The van der Waals surface area contributed by atoms with Crippen molar-refractivity contribution in [2.75, 3.05) is 33.3 Å². The van der Waals surface area contributed by atoms with Gasteiger partial charge in [-0.05, 0) is 44.2 Å². The first kappa shape index (κ1) is 23.0. The number of hydrogen-bond donors (Lipinski definition) is 1. The van der Waals surface area contributed by atoms with Gasteiger partial charge in [-0.2, -0.15) is 0 Å². The van der Waals surface area contributed by atoms with Crippen molar-refractivity contribution < 1.29 is 17.9 Å². The largest absolute Gasteiger partial charge is 0.495 e. The Morgan fingerprint density at radius 3 is 2.47 bits per heavy atom. The monoisotopic (exact) mass is 471 g/mol. The van der Waals surface area contributed by atoms with Gasteiger partial charge in [0.2, 0.25) is 10.0 Å². The van der Waals surface area contributed by atoms with Crippen LogP contribution in [0.4, 0.5) is 0 Å². The van der Waals surface area contributed by atoms with Crippen LogP contribution in [0.1, 0.15) is 29.1 Å². The number of sulfonamides is 1. The van der Waals surface area contributed by atoms with Crippen molar-refractivity contribution in [3.8, 4) is 5.75 Å². The molecule has 164 valence electrons. The van der Waals surface area contributed by atoms with Gasteiger partial charge in [0, 0.05) is 49.2 Å². The minimum atomic E-state index is -3.79. The van der Waals surface area contributed by atoms with Crippen LogP contribution in [0.25, 0.3) is 0 Å². The zero-order valence-corrected chi connectivity index (χ0v) is 19.6. The zero-order chi connectivity index (χ0) is 21.9. The molecule has 7 nitrogen and oxygen atoms in total. The van der Waals surface area contributed by atoms with Gasteiger partial charge < -0.3 is 9.64 Å². The van der Waals surface area contributed by atoms with E-state index in [9.17, 15) is 13.2 Å². The lowest BCUT2D eigenvalue weighted by Gasteiger charge is -2.34. The van der Waals surface area contributed by atoms with Crippen LogP contribution >= 0.6 is 22.9 Å². The number of halogens is 1. The van der Waals surface area contributed by atoms with Crippen molar-refractivity contribution in [3.63, 3.8) is 0 Å². The van der Waals surface area contributed by atoms with E-state index in [2.05, 4.69) is 9.62 Å². The van der Waals surface area contributed by atoms with Gasteiger partial charge in [0.25, 0.3) is 5.91 Å². The van der Waals surface area contributed by atoms with E-state index in [-0.39, 0.29) is 22.6 Å². The first-order valence-electron chi connectivity index (χ1n) is 9.66. The average Bonchev–Trinajstić information content (AvgIpc) is 3.11. The van der Waals surface area contributed by atoms with Crippen LogP contribution in [0.3, 0.4) is 0 Å². The molecule has 1 aromatic heterocycles. The molecule has 0 radical (unpaired) electrons. The summed E-state index contributed by atoms with van der Waals surface area (Å²) >= 11 is 7.56. The Bertz CT molecular complexity index is 999. The lowest BCUT2D eigenvalue weighted by molar-refractivity contribution is 0.0629. The first-order chi connectivity index (χ1) is 14.2. The van der Waals surface area contributed by atoms with Crippen LogP contribution in [0.5, 0.6) is 5.75 Å². The molecule has 10 heteroatoms. The normalized spacial score (nSPS) is 15.6. The topological polar surface area (TPSA) is 79.0 Å². The van der Waals surface area contributed by atoms with Gasteiger partial charge in [-0.25, -0.2) is 13.1 Å². The standard InChI is InChI=1S/C20H26ClN3O4S2/c1-14(2)22-30(26,27)18-12-15(4-6-17(18)28-3)20(25)24-10-8-23(9-11-24)13-16-5-7-19(21)29-16/h4-7,12,14,22H,8-11,13H2,1-3H3. The molecule has 0 saturated carbocycles. The number of ether oxygens (including phenoxy) is 1. The molecule has 0 spiro atoms. The zero-order valence-electron chi connectivity index (χ0n) is 17.2. The molecule has 0 atom stereocenters. The van der Waals surface area contributed by atoms with Crippen molar-refractivity contribution >= 4 is 38.9 Å². The van der Waals surface area contributed by atoms with Crippen molar-refractivity contribution in [2.45, 2.75) is 31.3 Å². The van der Waals surface area contributed by atoms with Gasteiger partial charge in [0.05, 0.1) is 11.4 Å². The fraction of sp³-hybridized carbons (Fsp3) is 0.450. The first-order valence-corrected chi connectivity index (χ1v) is 12.3. The molecule has 1 aliphatic rings. The maximum atomic E-state index is 13.0. The highest BCUT2D eigenvalue weighted by Crippen LogP contribution is 2.26. The number of carbonyl (C=O) groups is 1. The quantitative estimate of drug-likeness (QED) is 0.671. The molecule has 2 aromatic rings. The number of amides is 1. The number of nitrogens with one attached hydrogen (secondary N) is 1. The summed E-state index contributed by atoms with van der Waals surface area (Å²) in [5.41, 5.74) is 0.332. The summed E-state index contributed by atoms with van der Waals surface area (Å²) in [4.78, 5) is 18.2. The van der Waals surface area contributed by atoms with E-state index in [0.29, 0.717) is 18.7 Å². The van der Waals surface area contributed by atoms with Crippen LogP contribution in [0.2, 0.25) is 4.34 Å². The number of methoxy groups -OCH3 is 1. The maximum Gasteiger partial charge on any atom is 0.253 e. The number of nitrogens with zero attached hydrogens (tertiary/aromatic N) is 2. The van der Waals surface area contributed by atoms with E-state index in [4.69, 9.17) is 16.3 Å². The lowest BCUT2D eigenvalue weighted by atomic mass is 10.1. The molecule has 30 heavy (non-hydrogen) atoms. The average molecular weight is 472 g/mol. The van der Waals surface area contributed by atoms with E-state index < -0.39 is 10.0 Å². The summed E-state index contributed by atoms with van der Waals surface area (Å²) in [5.74, 6) is 0.0246. The number of rotatable bonds is 7. The molecular formula is C20H26ClN3O4S2. The van der Waals surface area contributed by atoms with Crippen LogP contribution in [0, 0.1) is 0 Å². The van der Waals surface area contributed by atoms with Crippen LogP contribution in [-0.2, 0) is 16.6 Å². The molecule has 1 amide bonds. The summed E-state index contributed by atoms with van der Waals surface area (Å²) in [6.45, 7) is 6.94. The highest BCUT2D eigenvalue weighted by atomic mass is 35.5. The van der Waals surface area contributed by atoms with Gasteiger partial charge >= 0.3 is 0 Å². The van der Waals surface area contributed by atoms with Crippen molar-refractivity contribution in [3.05, 3.63) is 45.1 Å². The molecular weight excluding hydrogens is 446 g/mol. The Kier molecular flexibility index (Phi) is 7.41. The van der Waals surface area contributed by atoms with E-state index in [1.807, 2.05) is 12.1 Å². The minimum Gasteiger partial charge on any atom is -0.495 e. The summed E-state index contributed by atoms with van der Waals surface area (Å²) < 4.78 is 33.8. The molecule has 0 aliphatic carbocycles. The third kappa shape index (κ3) is 5.53. The van der Waals surface area contributed by atoms with Gasteiger partial charge in [-0.1, -0.05) is 11.6 Å². The summed E-state index contributed by atoms with van der Waals surface area (Å²) in [5, 5.41) is 0. The predicted molar refractivity (Wildman–Crippen MR) is 119 cm³/mol. The highest BCUT2D eigenvalue weighted by Gasteiger charge is 2.26. The molecule has 1 fully saturated rings. The van der Waals surface area contributed by atoms with Gasteiger partial charge in [0.15, 0.2) is 0 Å². The second kappa shape index (κ2) is 9.65. The summed E-state index contributed by atoms with van der Waals surface area (Å²) in [6.07, 6.45) is 0. The SMILES string of the molecule is COc1ccc(C(=O)N2CCN(Cc3ccc(Cl)s3)CC2)cc1S(=O)(=O)NC(C)C. The molecule has 1 saturated heterocycles. The Hall–Kier alpha value is -1.65. The lowest BCUT2D eigenvalue weighted by Crippen LogP contribution is -2.48. The minimum absolute atomic E-state index is 0.0299. The summed E-state index contributed by atoms with van der Waals surface area (Å²) in [7, 11) is -2.39. The third-order valence-corrected chi connectivity index (χ3v) is 7.65.